The zero-order valence-corrected chi connectivity index (χ0v) is 48.1. The van der Waals surface area contributed by atoms with E-state index < -0.39 is 78.0 Å². The quantitative estimate of drug-likeness (QED) is 0.0374. The number of carbonyl (C=O) groups excluding carboxylic acids is 5. The fraction of sp³-hybridized carbons (Fsp3) is 0.397. The third-order valence-corrected chi connectivity index (χ3v) is 13.2. The Morgan fingerprint density at radius 2 is 1.01 bits per heavy atom. The van der Waals surface area contributed by atoms with Gasteiger partial charge >= 0.3 is 30.4 Å². The summed E-state index contributed by atoms with van der Waals surface area (Å²) in [6.45, 7) is 16.2. The normalized spacial score (nSPS) is 13.9. The number of halogens is 6. The van der Waals surface area contributed by atoms with E-state index in [1.54, 1.807) is 92.2 Å². The maximum atomic E-state index is 14.1. The second-order valence-electron chi connectivity index (χ2n) is 21.6. The number of hydrogen-bond donors (Lipinski definition) is 4. The minimum atomic E-state index is -4.96. The van der Waals surface area contributed by atoms with Gasteiger partial charge in [-0.2, -0.15) is 36.3 Å². The molecule has 0 bridgehead atoms. The average molecular weight is 1210 g/mol. The van der Waals surface area contributed by atoms with Crippen molar-refractivity contribution < 1.29 is 73.6 Å². The molecule has 0 fully saturated rings. The monoisotopic (exact) mass is 1200 g/mol. The Labute approximate surface area is 489 Å². The molecule has 28 heteroatoms. The molecule has 0 saturated carbocycles. The van der Waals surface area contributed by atoms with Crippen molar-refractivity contribution in [3.05, 3.63) is 131 Å². The van der Waals surface area contributed by atoms with Gasteiger partial charge in [0.1, 0.15) is 40.4 Å². The van der Waals surface area contributed by atoms with Crippen LogP contribution in [-0.4, -0.2) is 110 Å². The molecule has 22 nitrogen and oxygen atoms in total. The van der Waals surface area contributed by atoms with E-state index in [2.05, 4.69) is 50.9 Å². The highest BCUT2D eigenvalue weighted by atomic mass is 19.4. The Bertz CT molecular complexity index is 3770. The number of nitrogens with zero attached hydrogens (tertiary/aromatic N) is 8. The van der Waals surface area contributed by atoms with Crippen LogP contribution < -0.4 is 21.7 Å². The number of alkyl halides is 6. The Morgan fingerprint density at radius 3 is 1.40 bits per heavy atom. The number of carbonyl (C=O) groups is 5. The number of benzene rings is 2. The Balaban J connectivity index is 0.000000275. The largest absolute Gasteiger partial charge is 0.449 e. The van der Waals surface area contributed by atoms with E-state index in [-0.39, 0.29) is 49.6 Å². The van der Waals surface area contributed by atoms with Crippen molar-refractivity contribution in [3.8, 4) is 22.8 Å². The predicted octanol–water partition coefficient (Wildman–Crippen LogP) is 11.0. The fourth-order valence-corrected chi connectivity index (χ4v) is 7.97. The van der Waals surface area contributed by atoms with Gasteiger partial charge in [0.15, 0.2) is 0 Å². The Hall–Kier alpha value is -9.21. The SMILES string of the molecule is C.Cc1ccn2c(C(=O)Nc3cc(-c4noc(CCC(C)(OC(=O)[C@H](C)N)C(F)(F)F)n4)ccc3C)cnc2c1.Cc1ccn2c(C(=O)Nc3cc(-c4noc(CCC(C)(OC(=O)[C@H](C)NC(=O)OC(C)(C)C)C(F)(F)F)n4)ccc3C)cnc2c1. The topological polar surface area (TPSA) is 288 Å². The smallest absolute Gasteiger partial charge is 0.428 e. The number of alkyl carbamates (subject to hydrolysis) is 1. The highest BCUT2D eigenvalue weighted by molar-refractivity contribution is 6.05. The van der Waals surface area contributed by atoms with E-state index in [1.165, 1.54) is 26.2 Å². The van der Waals surface area contributed by atoms with Crippen LogP contribution in [-0.2, 0) is 36.6 Å². The lowest BCUT2D eigenvalue weighted by atomic mass is 9.99. The summed E-state index contributed by atoms with van der Waals surface area (Å²) in [4.78, 5) is 79.3. The maximum absolute atomic E-state index is 14.1. The van der Waals surface area contributed by atoms with Gasteiger partial charge in [-0.1, -0.05) is 42.0 Å². The first-order valence-electron chi connectivity index (χ1n) is 26.3. The number of anilines is 2. The highest BCUT2D eigenvalue weighted by Crippen LogP contribution is 2.39. The van der Waals surface area contributed by atoms with E-state index in [0.717, 1.165) is 36.1 Å². The van der Waals surface area contributed by atoms with Crippen molar-refractivity contribution in [3.63, 3.8) is 0 Å². The lowest BCUT2D eigenvalue weighted by Gasteiger charge is -2.32. The minimum Gasteiger partial charge on any atom is -0.449 e. The Morgan fingerprint density at radius 1 is 0.605 bits per heavy atom. The summed E-state index contributed by atoms with van der Waals surface area (Å²) in [7, 11) is 0. The molecule has 0 spiro atoms. The molecule has 86 heavy (non-hydrogen) atoms. The molecule has 0 saturated heterocycles. The summed E-state index contributed by atoms with van der Waals surface area (Å²) < 4.78 is 112. The first-order chi connectivity index (χ1) is 39.6. The van der Waals surface area contributed by atoms with Crippen molar-refractivity contribution in [1.82, 2.24) is 44.4 Å². The lowest BCUT2D eigenvalue weighted by molar-refractivity contribution is -0.266. The summed E-state index contributed by atoms with van der Waals surface area (Å²) in [5, 5.41) is 15.6. The number of nitrogens with two attached hydrogens (primary N) is 1. The second-order valence-corrected chi connectivity index (χ2v) is 21.6. The fourth-order valence-electron chi connectivity index (χ4n) is 7.97. The number of imidazole rings is 2. The van der Waals surface area contributed by atoms with Crippen LogP contribution in [0.25, 0.3) is 34.1 Å². The van der Waals surface area contributed by atoms with Crippen LogP contribution >= 0.6 is 0 Å². The van der Waals surface area contributed by atoms with Gasteiger partial charge < -0.3 is 44.9 Å². The molecule has 8 rings (SSSR count). The molecule has 6 heterocycles. The molecule has 4 atom stereocenters. The number of aromatic nitrogens is 8. The summed E-state index contributed by atoms with van der Waals surface area (Å²) in [5.74, 6) is -3.27. The number of nitrogens with one attached hydrogen (secondary N) is 3. The number of hydrogen-bond acceptors (Lipinski definition) is 17. The summed E-state index contributed by atoms with van der Waals surface area (Å²) >= 11 is 0. The van der Waals surface area contributed by atoms with Gasteiger partial charge in [0.2, 0.25) is 34.6 Å². The number of amides is 3. The number of esters is 2. The summed E-state index contributed by atoms with van der Waals surface area (Å²) in [5.41, 5.74) is 6.06. The van der Waals surface area contributed by atoms with Crippen molar-refractivity contribution in [1.29, 1.82) is 0 Å². The molecule has 2 unspecified atom stereocenters. The summed E-state index contributed by atoms with van der Waals surface area (Å²) in [6.07, 6.45) is -6.39. The van der Waals surface area contributed by atoms with Crippen molar-refractivity contribution in [2.45, 2.75) is 151 Å². The third kappa shape index (κ3) is 15.9. The number of ether oxygens (including phenoxy) is 3. The lowest BCUT2D eigenvalue weighted by Crippen LogP contribution is -2.51. The maximum Gasteiger partial charge on any atom is 0.428 e. The first kappa shape index (κ1) is 65.9. The van der Waals surface area contributed by atoms with E-state index >= 15 is 0 Å². The average Bonchev–Trinajstić information content (AvgIpc) is 2.03. The first-order valence-corrected chi connectivity index (χ1v) is 26.3. The van der Waals surface area contributed by atoms with Crippen LogP contribution in [0.2, 0.25) is 0 Å². The number of pyridine rings is 2. The molecule has 460 valence electrons. The molecule has 5 N–H and O–H groups in total. The van der Waals surface area contributed by atoms with Gasteiger partial charge in [0, 0.05) is 60.6 Å². The summed E-state index contributed by atoms with van der Waals surface area (Å²) in [6, 6.07) is 14.9. The molecule has 0 radical (unpaired) electrons. The minimum absolute atomic E-state index is 0. The molecule has 6 aromatic heterocycles. The number of aryl methyl sites for hydroxylation is 6. The van der Waals surface area contributed by atoms with E-state index in [1.807, 2.05) is 38.1 Å². The molecular formula is C58H66F6N12O10. The van der Waals surface area contributed by atoms with Gasteiger partial charge in [-0.05, 0) is 135 Å². The molecule has 0 aliphatic carbocycles. The molecule has 0 aliphatic rings. The van der Waals surface area contributed by atoms with Gasteiger partial charge in [-0.15, -0.1) is 0 Å². The van der Waals surface area contributed by atoms with E-state index in [9.17, 15) is 50.3 Å². The van der Waals surface area contributed by atoms with Crippen LogP contribution in [0.15, 0.2) is 94.5 Å². The molecule has 3 amide bonds. The standard InChI is InChI=1S/C31H35F3N6O6.C26H27F3N6O4.CH4/c1-17-11-13-40-22(16-35-23(40)14-17)26(41)37-21-15-20(9-8-18(21)2)25-38-24(46-39-25)10-12-30(7,31(32,33)34)44-27(42)19(3)36-28(43)45-29(4,5)6;1-14-8-10-35-19(13-31-20(35)11-14)23(36)32-18-12-17(6-5-15(18)2)22-33-21(39-34-22)7-9-25(4,26(27,28)29)38-24(37)16(3)30;/h8-9,11,13-16,19H,10,12H2,1-7H3,(H,36,43)(H,37,41);5-6,8,10-13,16H,7,9,30H2,1-4H3,(H,32,36);1H4/t19-,30?;16-,25?;/m00./s1. The molecular weight excluding hydrogens is 1140 g/mol. The van der Waals surface area contributed by atoms with Gasteiger partial charge in [-0.25, -0.2) is 19.6 Å². The Kier molecular flexibility index (Phi) is 19.9. The van der Waals surface area contributed by atoms with Crippen molar-refractivity contribution >= 4 is 52.5 Å². The number of rotatable bonds is 17. The van der Waals surface area contributed by atoms with E-state index in [4.69, 9.17) is 24.3 Å². The van der Waals surface area contributed by atoms with Gasteiger partial charge in [0.05, 0.1) is 12.4 Å². The number of fused-ring (bicyclic) bond motifs is 2. The van der Waals surface area contributed by atoms with Gasteiger partial charge in [0.25, 0.3) is 11.8 Å². The zero-order chi connectivity index (χ0) is 62.6. The predicted molar refractivity (Wildman–Crippen MR) is 302 cm³/mol. The van der Waals surface area contributed by atoms with Crippen molar-refractivity contribution in [2.24, 2.45) is 5.73 Å². The van der Waals surface area contributed by atoms with Crippen LogP contribution in [0.1, 0.15) is 124 Å². The molecule has 8 aromatic rings. The zero-order valence-electron chi connectivity index (χ0n) is 48.1. The van der Waals surface area contributed by atoms with Crippen LogP contribution in [0, 0.1) is 27.7 Å². The third-order valence-electron chi connectivity index (χ3n) is 13.2. The van der Waals surface area contributed by atoms with Crippen LogP contribution in [0.3, 0.4) is 0 Å². The second kappa shape index (κ2) is 26.0. The highest BCUT2D eigenvalue weighted by Gasteiger charge is 2.56. The molecule has 2 aromatic carbocycles. The molecule has 0 aliphatic heterocycles. The van der Waals surface area contributed by atoms with Crippen LogP contribution in [0.5, 0.6) is 0 Å². The van der Waals surface area contributed by atoms with Gasteiger partial charge in [-0.3, -0.25) is 23.2 Å². The van der Waals surface area contributed by atoms with E-state index in [0.29, 0.717) is 45.2 Å². The van der Waals surface area contributed by atoms with Crippen LogP contribution in [0.4, 0.5) is 42.5 Å². The van der Waals surface area contributed by atoms with Crippen molar-refractivity contribution in [2.75, 3.05) is 10.6 Å².